The van der Waals surface area contributed by atoms with Gasteiger partial charge in [-0.25, -0.2) is 23.7 Å². The summed E-state index contributed by atoms with van der Waals surface area (Å²) in [5.74, 6) is 1.21. The molecule has 2 aromatic heterocycles. The number of H-pyrrole nitrogens is 1. The van der Waals surface area contributed by atoms with Crippen LogP contribution in [0, 0.1) is 5.41 Å². The number of nitrogens with one attached hydrogen (secondary N) is 4. The number of allylic oxidation sites excluding steroid dienone is 1. The highest BCUT2D eigenvalue weighted by Crippen LogP contribution is 2.20. The van der Waals surface area contributed by atoms with Crippen LogP contribution in [0.5, 0.6) is 0 Å². The molecule has 0 amide bonds. The molecule has 1 fully saturated rings. The Hall–Kier alpha value is -2.37. The molecule has 1 aliphatic rings. The molecule has 1 unspecified atom stereocenters. The Labute approximate surface area is 165 Å². The number of aromatic nitrogens is 4. The van der Waals surface area contributed by atoms with Gasteiger partial charge in [-0.15, -0.1) is 0 Å². The summed E-state index contributed by atoms with van der Waals surface area (Å²) in [5.41, 5.74) is 0.563. The van der Waals surface area contributed by atoms with Gasteiger partial charge >= 0.3 is 0 Å². The lowest BCUT2D eigenvalue weighted by molar-refractivity contribution is 0.226. The van der Waals surface area contributed by atoms with Crippen LogP contribution in [0.3, 0.4) is 0 Å². The van der Waals surface area contributed by atoms with E-state index in [2.05, 4.69) is 34.9 Å². The maximum Gasteiger partial charge on any atom is 0.279 e. The highest BCUT2D eigenvalue weighted by Gasteiger charge is 2.20. The van der Waals surface area contributed by atoms with Crippen molar-refractivity contribution in [3.63, 3.8) is 0 Å². The second kappa shape index (κ2) is 9.71. The fraction of sp³-hybridized carbons (Fsp3) is 0.412. The van der Waals surface area contributed by atoms with Crippen molar-refractivity contribution < 1.29 is 8.78 Å². The molecule has 0 radical (unpaired) electrons. The molecule has 3 rings (SSSR count). The Morgan fingerprint density at radius 3 is 3.11 bits per heavy atom. The molecule has 150 valence electrons. The lowest BCUT2D eigenvalue weighted by Gasteiger charge is -2.34. The van der Waals surface area contributed by atoms with Crippen LogP contribution in [0.1, 0.15) is 5.82 Å². The van der Waals surface area contributed by atoms with E-state index in [0.717, 1.165) is 38.1 Å². The van der Waals surface area contributed by atoms with Gasteiger partial charge in [0.05, 0.1) is 23.3 Å². The third kappa shape index (κ3) is 5.33. The van der Waals surface area contributed by atoms with Crippen LogP contribution in [0.15, 0.2) is 24.7 Å². The van der Waals surface area contributed by atoms with E-state index in [1.54, 1.807) is 18.1 Å². The molecule has 11 heteroatoms. The highest BCUT2D eigenvalue weighted by molar-refractivity contribution is 7.96. The molecule has 0 aromatic carbocycles. The summed E-state index contributed by atoms with van der Waals surface area (Å²) in [5, 5.41) is 10.6. The summed E-state index contributed by atoms with van der Waals surface area (Å²) < 4.78 is 28.0. The predicted molar refractivity (Wildman–Crippen MR) is 108 cm³/mol. The summed E-state index contributed by atoms with van der Waals surface area (Å²) in [6, 6.07) is 2.21. The van der Waals surface area contributed by atoms with E-state index >= 15 is 0 Å². The van der Waals surface area contributed by atoms with E-state index in [9.17, 15) is 8.78 Å². The first-order valence-corrected chi connectivity index (χ1v) is 9.95. The molecule has 8 nitrogen and oxygen atoms in total. The standard InChI is InChI=1S/C17H22F2N8S/c1-28-25-7-11-9-27(5-4-21-11)16-6-13(23-10-24-16)14-8-22-15(26-14)3-2-12(20)17(18)19/h2-3,6,8,10-11,17,20-21,25H,4-5,7,9H2,1H3,(H,22,26)/b3-2-,20-12?. The van der Waals surface area contributed by atoms with Crippen LogP contribution in [0.25, 0.3) is 17.5 Å². The molecule has 4 N–H and O–H groups in total. The van der Waals surface area contributed by atoms with Crippen molar-refractivity contribution >= 4 is 29.6 Å². The summed E-state index contributed by atoms with van der Waals surface area (Å²) in [6.07, 6.45) is 4.67. The van der Waals surface area contributed by atoms with E-state index in [0.29, 0.717) is 23.3 Å². The topological polar surface area (TPSA) is 106 Å². The van der Waals surface area contributed by atoms with E-state index in [-0.39, 0.29) is 0 Å². The Balaban J connectivity index is 1.70. The van der Waals surface area contributed by atoms with Crippen LogP contribution in [-0.2, 0) is 0 Å². The quantitative estimate of drug-likeness (QED) is 0.390. The molecule has 1 aliphatic heterocycles. The minimum atomic E-state index is -2.80. The largest absolute Gasteiger partial charge is 0.354 e. The van der Waals surface area contributed by atoms with Gasteiger partial charge in [-0.05, 0) is 18.4 Å². The Bertz CT molecular complexity index is 825. The molecule has 0 spiro atoms. The van der Waals surface area contributed by atoms with E-state index in [1.165, 1.54) is 12.4 Å². The van der Waals surface area contributed by atoms with Gasteiger partial charge in [0, 0.05) is 38.3 Å². The zero-order chi connectivity index (χ0) is 19.9. The van der Waals surface area contributed by atoms with Gasteiger partial charge in [-0.3, -0.25) is 10.1 Å². The maximum absolute atomic E-state index is 12.4. The minimum absolute atomic E-state index is 0.327. The SMILES string of the molecule is CSNCC1CN(c2cc(-c3cnc(/C=C\C(=N)C(F)F)[nH]3)ncn2)CCN1. The molecule has 28 heavy (non-hydrogen) atoms. The van der Waals surface area contributed by atoms with Gasteiger partial charge in [-0.1, -0.05) is 11.9 Å². The van der Waals surface area contributed by atoms with Crippen molar-refractivity contribution in [1.29, 1.82) is 5.41 Å². The van der Waals surface area contributed by atoms with Crippen molar-refractivity contribution in [3.05, 3.63) is 30.5 Å². The van der Waals surface area contributed by atoms with Crippen molar-refractivity contribution in [3.8, 4) is 11.4 Å². The first-order chi connectivity index (χ1) is 13.6. The second-order valence-electron chi connectivity index (χ2n) is 6.18. The maximum atomic E-state index is 12.4. The first-order valence-electron chi connectivity index (χ1n) is 8.73. The second-order valence-corrected chi connectivity index (χ2v) is 6.88. The van der Waals surface area contributed by atoms with Gasteiger partial charge < -0.3 is 15.2 Å². The average molecular weight is 408 g/mol. The average Bonchev–Trinajstić information content (AvgIpc) is 3.20. The van der Waals surface area contributed by atoms with Crippen LogP contribution < -0.4 is 14.9 Å². The van der Waals surface area contributed by atoms with Crippen molar-refractivity contribution in [2.75, 3.05) is 37.3 Å². The molecule has 1 atom stereocenters. The van der Waals surface area contributed by atoms with Crippen molar-refractivity contribution in [2.24, 2.45) is 0 Å². The normalized spacial score (nSPS) is 17.6. The summed E-state index contributed by atoms with van der Waals surface area (Å²) >= 11 is 1.60. The zero-order valence-corrected chi connectivity index (χ0v) is 16.1. The molecule has 0 saturated carbocycles. The number of imidazole rings is 1. The molecular formula is C17H22F2N8S. The number of alkyl halides is 2. The summed E-state index contributed by atoms with van der Waals surface area (Å²) in [6.45, 7) is 3.41. The van der Waals surface area contributed by atoms with E-state index < -0.39 is 12.1 Å². The number of nitrogens with zero attached hydrogens (tertiary/aromatic N) is 4. The van der Waals surface area contributed by atoms with Crippen LogP contribution in [-0.4, -0.2) is 70.5 Å². The molecule has 0 bridgehead atoms. The molecule has 0 aliphatic carbocycles. The van der Waals surface area contributed by atoms with E-state index in [1.807, 2.05) is 12.3 Å². The predicted octanol–water partition coefficient (Wildman–Crippen LogP) is 1.81. The molecule has 3 heterocycles. The Kier molecular flexibility index (Phi) is 7.06. The van der Waals surface area contributed by atoms with Crippen molar-refractivity contribution in [2.45, 2.75) is 12.5 Å². The number of rotatable bonds is 8. The first kappa shape index (κ1) is 20.4. The Morgan fingerprint density at radius 2 is 2.32 bits per heavy atom. The molecule has 1 saturated heterocycles. The fourth-order valence-corrected chi connectivity index (χ4v) is 3.18. The number of aromatic amines is 1. The van der Waals surface area contributed by atoms with Gasteiger partial charge in [0.25, 0.3) is 6.43 Å². The Morgan fingerprint density at radius 1 is 1.46 bits per heavy atom. The zero-order valence-electron chi connectivity index (χ0n) is 15.3. The number of hydrogen-bond donors (Lipinski definition) is 4. The van der Waals surface area contributed by atoms with Crippen molar-refractivity contribution in [1.82, 2.24) is 30.0 Å². The third-order valence-electron chi connectivity index (χ3n) is 4.23. The summed E-state index contributed by atoms with van der Waals surface area (Å²) in [7, 11) is 0. The van der Waals surface area contributed by atoms with Crippen LogP contribution in [0.4, 0.5) is 14.6 Å². The van der Waals surface area contributed by atoms with Gasteiger partial charge in [-0.2, -0.15) is 0 Å². The fourth-order valence-electron chi connectivity index (χ4n) is 2.81. The molecular weight excluding hydrogens is 386 g/mol. The summed E-state index contributed by atoms with van der Waals surface area (Å²) in [4.78, 5) is 18.0. The number of hydrogen-bond acceptors (Lipinski definition) is 8. The smallest absolute Gasteiger partial charge is 0.279 e. The van der Waals surface area contributed by atoms with Gasteiger partial charge in [0.1, 0.15) is 18.0 Å². The van der Waals surface area contributed by atoms with E-state index in [4.69, 9.17) is 5.41 Å². The minimum Gasteiger partial charge on any atom is -0.354 e. The van der Waals surface area contributed by atoms with Crippen LogP contribution in [0.2, 0.25) is 0 Å². The van der Waals surface area contributed by atoms with Gasteiger partial charge in [0.2, 0.25) is 0 Å². The number of piperazine rings is 1. The number of anilines is 1. The highest BCUT2D eigenvalue weighted by atomic mass is 32.2. The third-order valence-corrected chi connectivity index (χ3v) is 4.69. The van der Waals surface area contributed by atoms with Gasteiger partial charge in [0.15, 0.2) is 0 Å². The monoisotopic (exact) mass is 408 g/mol. The molecule has 2 aromatic rings. The lowest BCUT2D eigenvalue weighted by Crippen LogP contribution is -2.54. The lowest BCUT2D eigenvalue weighted by atomic mass is 10.2. The van der Waals surface area contributed by atoms with Crippen LogP contribution >= 0.6 is 11.9 Å². The number of halogens is 2.